The number of hydrogen-bond donors (Lipinski definition) is 1. The SMILES string of the molecule is COc1ccc(N2CCOC2=O)cc1-c1ccc2c(NC(C)C3CC3)c(C#N)nnc2c1. The Kier molecular flexibility index (Phi) is 5.02. The van der Waals surface area contributed by atoms with Crippen LogP contribution < -0.4 is 15.0 Å². The van der Waals surface area contributed by atoms with E-state index < -0.39 is 0 Å². The van der Waals surface area contributed by atoms with Crippen molar-refractivity contribution in [2.24, 2.45) is 5.92 Å². The van der Waals surface area contributed by atoms with Crippen LogP contribution in [0.3, 0.4) is 0 Å². The van der Waals surface area contributed by atoms with Crippen molar-refractivity contribution in [1.82, 2.24) is 10.2 Å². The minimum Gasteiger partial charge on any atom is -0.496 e. The van der Waals surface area contributed by atoms with Gasteiger partial charge in [-0.1, -0.05) is 6.07 Å². The third-order valence-corrected chi connectivity index (χ3v) is 6.14. The summed E-state index contributed by atoms with van der Waals surface area (Å²) in [5.41, 5.74) is 4.16. The zero-order valence-corrected chi connectivity index (χ0v) is 18.0. The highest BCUT2D eigenvalue weighted by Crippen LogP contribution is 2.38. The Morgan fingerprint density at radius 2 is 2.09 bits per heavy atom. The number of methoxy groups -OCH3 is 1. The minimum atomic E-state index is -0.352. The minimum absolute atomic E-state index is 0.270. The van der Waals surface area contributed by atoms with E-state index in [1.54, 1.807) is 12.0 Å². The lowest BCUT2D eigenvalue weighted by Gasteiger charge is -2.18. The van der Waals surface area contributed by atoms with Gasteiger partial charge in [0.1, 0.15) is 18.4 Å². The van der Waals surface area contributed by atoms with Gasteiger partial charge in [-0.3, -0.25) is 4.90 Å². The molecule has 162 valence electrons. The number of nitriles is 1. The van der Waals surface area contributed by atoms with Gasteiger partial charge in [-0.15, -0.1) is 10.2 Å². The van der Waals surface area contributed by atoms with Crippen LogP contribution in [0.2, 0.25) is 0 Å². The standard InChI is InChI=1S/C24H23N5O3/c1-14(15-3-4-15)26-23-18-7-5-16(11-20(18)27-28-21(23)13-25)19-12-17(6-8-22(19)31-2)29-9-10-32-24(29)30/h5-8,11-12,14-15H,3-4,9-10H2,1-2H3,(H,26,27). The molecule has 2 fully saturated rings. The predicted molar refractivity (Wildman–Crippen MR) is 121 cm³/mol. The zero-order valence-electron chi connectivity index (χ0n) is 18.0. The van der Waals surface area contributed by atoms with Gasteiger partial charge in [0.05, 0.1) is 24.9 Å². The lowest BCUT2D eigenvalue weighted by molar-refractivity contribution is 0.181. The Bertz CT molecular complexity index is 1250. The number of carbonyl (C=O) groups excluding carboxylic acids is 1. The van der Waals surface area contributed by atoms with E-state index in [9.17, 15) is 10.1 Å². The first-order valence-electron chi connectivity index (χ1n) is 10.7. The number of amides is 1. The van der Waals surface area contributed by atoms with Crippen LogP contribution in [-0.4, -0.2) is 42.6 Å². The Balaban J connectivity index is 1.58. The van der Waals surface area contributed by atoms with Crippen LogP contribution in [0.1, 0.15) is 25.5 Å². The summed E-state index contributed by atoms with van der Waals surface area (Å²) in [5, 5.41) is 22.3. The Hall–Kier alpha value is -3.86. The smallest absolute Gasteiger partial charge is 0.414 e. The van der Waals surface area contributed by atoms with Crippen molar-refractivity contribution in [1.29, 1.82) is 5.26 Å². The molecule has 1 aliphatic heterocycles. The molecule has 1 amide bonds. The topological polar surface area (TPSA) is 100 Å². The molecule has 1 aromatic heterocycles. The Labute approximate surface area is 185 Å². The molecule has 1 atom stereocenters. The number of benzene rings is 2. The second kappa shape index (κ2) is 8.00. The van der Waals surface area contributed by atoms with Crippen molar-refractivity contribution in [2.75, 3.05) is 30.5 Å². The summed E-state index contributed by atoms with van der Waals surface area (Å²) in [6.07, 6.45) is 2.06. The largest absolute Gasteiger partial charge is 0.496 e. The van der Waals surface area contributed by atoms with Crippen LogP contribution in [0.5, 0.6) is 5.75 Å². The number of anilines is 2. The molecule has 8 heteroatoms. The van der Waals surface area contributed by atoms with E-state index >= 15 is 0 Å². The fourth-order valence-electron chi connectivity index (χ4n) is 4.16. The average molecular weight is 429 g/mol. The summed E-state index contributed by atoms with van der Waals surface area (Å²) in [6, 6.07) is 13.9. The summed E-state index contributed by atoms with van der Waals surface area (Å²) in [6.45, 7) is 3.03. The molecule has 1 saturated heterocycles. The number of nitrogens with one attached hydrogen (secondary N) is 1. The summed E-state index contributed by atoms with van der Waals surface area (Å²) in [7, 11) is 1.62. The van der Waals surface area contributed by atoms with Crippen LogP contribution in [0, 0.1) is 17.2 Å². The number of ether oxygens (including phenoxy) is 2. The third kappa shape index (κ3) is 3.56. The number of carbonyl (C=O) groups is 1. The molecule has 0 bridgehead atoms. The molecule has 5 rings (SSSR count). The van der Waals surface area contributed by atoms with Gasteiger partial charge in [-0.25, -0.2) is 4.79 Å². The number of nitrogens with zero attached hydrogens (tertiary/aromatic N) is 4. The summed E-state index contributed by atoms with van der Waals surface area (Å²) < 4.78 is 10.6. The highest BCUT2D eigenvalue weighted by Gasteiger charge is 2.29. The molecular formula is C24H23N5O3. The van der Waals surface area contributed by atoms with Gasteiger partial charge in [-0.05, 0) is 61.6 Å². The first kappa shape index (κ1) is 20.1. The van der Waals surface area contributed by atoms with E-state index in [1.165, 1.54) is 12.8 Å². The first-order chi connectivity index (χ1) is 15.6. The Morgan fingerprint density at radius 3 is 2.78 bits per heavy atom. The molecule has 2 heterocycles. The maximum Gasteiger partial charge on any atom is 0.414 e. The maximum atomic E-state index is 12.0. The number of fused-ring (bicyclic) bond motifs is 1. The van der Waals surface area contributed by atoms with Crippen LogP contribution in [-0.2, 0) is 4.74 Å². The molecular weight excluding hydrogens is 406 g/mol. The molecule has 8 nitrogen and oxygen atoms in total. The summed E-state index contributed by atoms with van der Waals surface area (Å²) in [5.74, 6) is 1.32. The van der Waals surface area contributed by atoms with Crippen molar-refractivity contribution in [3.05, 3.63) is 42.1 Å². The molecule has 1 saturated carbocycles. The van der Waals surface area contributed by atoms with Gasteiger partial charge < -0.3 is 14.8 Å². The van der Waals surface area contributed by atoms with Crippen molar-refractivity contribution in [3.63, 3.8) is 0 Å². The predicted octanol–water partition coefficient (Wildman–Crippen LogP) is 4.34. The fourth-order valence-corrected chi connectivity index (χ4v) is 4.16. The Morgan fingerprint density at radius 1 is 1.25 bits per heavy atom. The van der Waals surface area contributed by atoms with Gasteiger partial charge in [-0.2, -0.15) is 5.26 Å². The molecule has 1 N–H and O–H groups in total. The van der Waals surface area contributed by atoms with Gasteiger partial charge in [0.15, 0.2) is 5.69 Å². The third-order valence-electron chi connectivity index (χ3n) is 6.14. The molecule has 32 heavy (non-hydrogen) atoms. The number of aromatic nitrogens is 2. The van der Waals surface area contributed by atoms with E-state index in [0.29, 0.717) is 36.0 Å². The number of rotatable bonds is 6. The van der Waals surface area contributed by atoms with Crippen LogP contribution >= 0.6 is 0 Å². The summed E-state index contributed by atoms with van der Waals surface area (Å²) in [4.78, 5) is 13.6. The van der Waals surface area contributed by atoms with Crippen molar-refractivity contribution >= 4 is 28.4 Å². The molecule has 0 radical (unpaired) electrons. The molecule has 1 unspecified atom stereocenters. The first-order valence-corrected chi connectivity index (χ1v) is 10.7. The normalized spacial score (nSPS) is 16.5. The van der Waals surface area contributed by atoms with Crippen molar-refractivity contribution in [3.8, 4) is 22.9 Å². The molecule has 0 spiro atoms. The fraction of sp³-hybridized carbons (Fsp3) is 0.333. The van der Waals surface area contributed by atoms with E-state index in [1.807, 2.05) is 36.4 Å². The van der Waals surface area contributed by atoms with Gasteiger partial charge in [0, 0.05) is 22.7 Å². The quantitative estimate of drug-likeness (QED) is 0.622. The zero-order chi connectivity index (χ0) is 22.2. The maximum absolute atomic E-state index is 12.0. The van der Waals surface area contributed by atoms with E-state index in [2.05, 4.69) is 28.5 Å². The van der Waals surface area contributed by atoms with Crippen LogP contribution in [0.25, 0.3) is 22.0 Å². The van der Waals surface area contributed by atoms with Gasteiger partial charge in [0.2, 0.25) is 0 Å². The van der Waals surface area contributed by atoms with Crippen molar-refractivity contribution in [2.45, 2.75) is 25.8 Å². The molecule has 2 aromatic carbocycles. The highest BCUT2D eigenvalue weighted by atomic mass is 16.6. The van der Waals surface area contributed by atoms with Crippen LogP contribution in [0.4, 0.5) is 16.2 Å². The second-order valence-electron chi connectivity index (χ2n) is 8.19. The molecule has 1 aliphatic carbocycles. The van der Waals surface area contributed by atoms with E-state index in [4.69, 9.17) is 9.47 Å². The monoisotopic (exact) mass is 429 g/mol. The van der Waals surface area contributed by atoms with Gasteiger partial charge >= 0.3 is 6.09 Å². The highest BCUT2D eigenvalue weighted by molar-refractivity contribution is 5.96. The van der Waals surface area contributed by atoms with Crippen LogP contribution in [0.15, 0.2) is 36.4 Å². The summed E-state index contributed by atoms with van der Waals surface area (Å²) >= 11 is 0. The van der Waals surface area contributed by atoms with Crippen molar-refractivity contribution < 1.29 is 14.3 Å². The molecule has 3 aromatic rings. The lowest BCUT2D eigenvalue weighted by Crippen LogP contribution is -2.23. The average Bonchev–Trinajstić information content (AvgIpc) is 3.59. The molecule has 2 aliphatic rings. The lowest BCUT2D eigenvalue weighted by atomic mass is 10.0. The second-order valence-corrected chi connectivity index (χ2v) is 8.19. The number of cyclic esters (lactones) is 1. The van der Waals surface area contributed by atoms with Gasteiger partial charge in [0.25, 0.3) is 0 Å². The number of hydrogen-bond acceptors (Lipinski definition) is 7. The van der Waals surface area contributed by atoms with E-state index in [-0.39, 0.29) is 12.1 Å². The van der Waals surface area contributed by atoms with E-state index in [0.717, 1.165) is 27.9 Å².